The maximum Gasteiger partial charge on any atom is 0.259 e. The van der Waals surface area contributed by atoms with E-state index < -0.39 is 6.10 Å². The molecule has 1 aliphatic rings. The van der Waals surface area contributed by atoms with E-state index in [1.165, 1.54) is 0 Å². The zero-order valence-electron chi connectivity index (χ0n) is 9.23. The summed E-state index contributed by atoms with van der Waals surface area (Å²) in [5.41, 5.74) is 6.73. The maximum atomic E-state index is 12.1. The van der Waals surface area contributed by atoms with Crippen LogP contribution in [0.25, 0.3) is 0 Å². The van der Waals surface area contributed by atoms with Crippen LogP contribution in [0.2, 0.25) is 0 Å². The fraction of sp³-hybridized carbons (Fsp3) is 0.600. The number of carbonyl (C=O) groups excluding carboxylic acids is 1. The van der Waals surface area contributed by atoms with E-state index in [-0.39, 0.29) is 11.7 Å². The Balaban J connectivity index is 2.18. The number of nitrogens with two attached hydrogens (primary N) is 1. The van der Waals surface area contributed by atoms with Gasteiger partial charge in [0.1, 0.15) is 5.56 Å². The summed E-state index contributed by atoms with van der Waals surface area (Å²) in [5, 5.41) is 16.0. The van der Waals surface area contributed by atoms with Crippen molar-refractivity contribution >= 4 is 11.7 Å². The molecule has 1 aliphatic heterocycles. The number of likely N-dealkylation sites (tertiary alicyclic amines) is 1. The van der Waals surface area contributed by atoms with Crippen molar-refractivity contribution in [2.45, 2.75) is 25.9 Å². The molecule has 0 spiro atoms. The SMILES string of the molecule is Cc1[nH]nc(N)c1C(=O)N1CCCC(O)C1. The average Bonchev–Trinajstić information content (AvgIpc) is 2.58. The number of aromatic amines is 1. The van der Waals surface area contributed by atoms with Gasteiger partial charge in [-0.05, 0) is 19.8 Å². The number of H-pyrrole nitrogens is 1. The predicted octanol–water partition coefficient (Wildman–Crippen LogP) is -0.103. The first-order valence-electron chi connectivity index (χ1n) is 5.37. The molecule has 1 atom stereocenters. The van der Waals surface area contributed by atoms with Crippen molar-refractivity contribution in [3.63, 3.8) is 0 Å². The van der Waals surface area contributed by atoms with Crippen LogP contribution < -0.4 is 5.73 Å². The minimum absolute atomic E-state index is 0.150. The normalized spacial score (nSPS) is 21.1. The molecule has 1 amide bonds. The van der Waals surface area contributed by atoms with Crippen LogP contribution in [0.15, 0.2) is 0 Å². The fourth-order valence-corrected chi connectivity index (χ4v) is 2.02. The molecular weight excluding hydrogens is 208 g/mol. The van der Waals surface area contributed by atoms with Gasteiger partial charge in [-0.1, -0.05) is 0 Å². The summed E-state index contributed by atoms with van der Waals surface area (Å²) < 4.78 is 0. The van der Waals surface area contributed by atoms with Crippen molar-refractivity contribution in [3.8, 4) is 0 Å². The molecule has 0 bridgehead atoms. The molecule has 0 aromatic carbocycles. The Labute approximate surface area is 93.4 Å². The number of anilines is 1. The first kappa shape index (κ1) is 10.9. The summed E-state index contributed by atoms with van der Waals surface area (Å²) in [6, 6.07) is 0. The molecule has 1 unspecified atom stereocenters. The Bertz CT molecular complexity index is 382. The monoisotopic (exact) mass is 224 g/mol. The van der Waals surface area contributed by atoms with E-state index in [1.807, 2.05) is 0 Å². The third kappa shape index (κ3) is 1.88. The van der Waals surface area contributed by atoms with Crippen LogP contribution in [0.3, 0.4) is 0 Å². The number of carbonyl (C=O) groups is 1. The second kappa shape index (κ2) is 4.13. The van der Waals surface area contributed by atoms with E-state index in [4.69, 9.17) is 5.73 Å². The number of amides is 1. The van der Waals surface area contributed by atoms with E-state index in [9.17, 15) is 9.90 Å². The molecule has 2 heterocycles. The zero-order valence-corrected chi connectivity index (χ0v) is 9.23. The molecule has 0 saturated carbocycles. The van der Waals surface area contributed by atoms with Crippen molar-refractivity contribution < 1.29 is 9.90 Å². The van der Waals surface area contributed by atoms with Crippen LogP contribution in [-0.4, -0.2) is 45.3 Å². The van der Waals surface area contributed by atoms with Gasteiger partial charge in [-0.25, -0.2) is 0 Å². The van der Waals surface area contributed by atoms with Gasteiger partial charge in [0.05, 0.1) is 6.10 Å². The molecule has 0 aliphatic carbocycles. The van der Waals surface area contributed by atoms with Crippen molar-refractivity contribution in [1.29, 1.82) is 0 Å². The van der Waals surface area contributed by atoms with E-state index in [0.29, 0.717) is 24.3 Å². The summed E-state index contributed by atoms with van der Waals surface area (Å²) in [6.45, 7) is 2.81. The number of aliphatic hydroxyl groups excluding tert-OH is 1. The number of aryl methyl sites for hydroxylation is 1. The summed E-state index contributed by atoms with van der Waals surface area (Å²) >= 11 is 0. The maximum absolute atomic E-state index is 12.1. The van der Waals surface area contributed by atoms with Crippen LogP contribution >= 0.6 is 0 Å². The van der Waals surface area contributed by atoms with Gasteiger partial charge in [-0.3, -0.25) is 9.89 Å². The first-order valence-corrected chi connectivity index (χ1v) is 5.37. The highest BCUT2D eigenvalue weighted by Gasteiger charge is 2.26. The summed E-state index contributed by atoms with van der Waals surface area (Å²) in [7, 11) is 0. The molecule has 88 valence electrons. The summed E-state index contributed by atoms with van der Waals surface area (Å²) in [4.78, 5) is 13.8. The van der Waals surface area contributed by atoms with Crippen molar-refractivity contribution in [3.05, 3.63) is 11.3 Å². The van der Waals surface area contributed by atoms with Gasteiger partial charge >= 0.3 is 0 Å². The van der Waals surface area contributed by atoms with E-state index in [1.54, 1.807) is 11.8 Å². The van der Waals surface area contributed by atoms with E-state index in [0.717, 1.165) is 12.8 Å². The van der Waals surface area contributed by atoms with E-state index in [2.05, 4.69) is 10.2 Å². The summed E-state index contributed by atoms with van der Waals surface area (Å²) in [5.74, 6) is 0.0741. The van der Waals surface area contributed by atoms with Gasteiger partial charge in [0, 0.05) is 18.8 Å². The standard InChI is InChI=1S/C10H16N4O2/c1-6-8(9(11)13-12-6)10(16)14-4-2-3-7(15)5-14/h7,15H,2-5H2,1H3,(H3,11,12,13). The number of nitrogen functional groups attached to an aromatic ring is 1. The molecule has 1 saturated heterocycles. The lowest BCUT2D eigenvalue weighted by molar-refractivity contribution is 0.0474. The Morgan fingerprint density at radius 2 is 2.44 bits per heavy atom. The van der Waals surface area contributed by atoms with Crippen molar-refractivity contribution in [2.24, 2.45) is 0 Å². The lowest BCUT2D eigenvalue weighted by Gasteiger charge is -2.30. The first-order chi connectivity index (χ1) is 7.59. The molecule has 2 rings (SSSR count). The molecular formula is C10H16N4O2. The molecule has 0 radical (unpaired) electrons. The number of nitrogens with one attached hydrogen (secondary N) is 1. The van der Waals surface area contributed by atoms with Gasteiger partial charge in [0.25, 0.3) is 5.91 Å². The van der Waals surface area contributed by atoms with Crippen LogP contribution in [0.4, 0.5) is 5.82 Å². The van der Waals surface area contributed by atoms with Crippen LogP contribution in [0.5, 0.6) is 0 Å². The quantitative estimate of drug-likeness (QED) is 0.620. The van der Waals surface area contributed by atoms with Gasteiger partial charge in [0.2, 0.25) is 0 Å². The van der Waals surface area contributed by atoms with Crippen molar-refractivity contribution in [2.75, 3.05) is 18.8 Å². The molecule has 6 heteroatoms. The number of aromatic nitrogens is 2. The largest absolute Gasteiger partial charge is 0.391 e. The highest BCUT2D eigenvalue weighted by molar-refractivity contribution is 5.99. The van der Waals surface area contributed by atoms with Gasteiger partial charge < -0.3 is 15.7 Å². The Morgan fingerprint density at radius 3 is 3.00 bits per heavy atom. The lowest BCUT2D eigenvalue weighted by atomic mass is 10.1. The van der Waals surface area contributed by atoms with Crippen LogP contribution in [0.1, 0.15) is 28.9 Å². The number of hydrogen-bond donors (Lipinski definition) is 3. The molecule has 1 fully saturated rings. The number of rotatable bonds is 1. The number of aliphatic hydroxyl groups is 1. The highest BCUT2D eigenvalue weighted by atomic mass is 16.3. The molecule has 16 heavy (non-hydrogen) atoms. The molecule has 4 N–H and O–H groups in total. The predicted molar refractivity (Wildman–Crippen MR) is 58.9 cm³/mol. The van der Waals surface area contributed by atoms with Gasteiger partial charge in [0.15, 0.2) is 5.82 Å². The number of β-amino-alcohol motifs (C(OH)–C–C–N with tert-alkyl or cyclic N) is 1. The second-order valence-electron chi connectivity index (χ2n) is 4.16. The van der Waals surface area contributed by atoms with Crippen LogP contribution in [-0.2, 0) is 0 Å². The van der Waals surface area contributed by atoms with Crippen molar-refractivity contribution in [1.82, 2.24) is 15.1 Å². The third-order valence-corrected chi connectivity index (χ3v) is 2.87. The smallest absolute Gasteiger partial charge is 0.259 e. The molecule has 1 aromatic heterocycles. The second-order valence-corrected chi connectivity index (χ2v) is 4.16. The minimum atomic E-state index is -0.425. The third-order valence-electron chi connectivity index (χ3n) is 2.87. The molecule has 6 nitrogen and oxygen atoms in total. The fourth-order valence-electron chi connectivity index (χ4n) is 2.02. The van der Waals surface area contributed by atoms with Gasteiger partial charge in [-0.15, -0.1) is 0 Å². The average molecular weight is 224 g/mol. The number of nitrogens with zero attached hydrogens (tertiary/aromatic N) is 2. The lowest BCUT2D eigenvalue weighted by Crippen LogP contribution is -2.42. The Hall–Kier alpha value is -1.56. The molecule has 1 aromatic rings. The number of hydrogen-bond acceptors (Lipinski definition) is 4. The highest BCUT2D eigenvalue weighted by Crippen LogP contribution is 2.18. The van der Waals surface area contributed by atoms with Gasteiger partial charge in [-0.2, -0.15) is 5.10 Å². The zero-order chi connectivity index (χ0) is 11.7. The van der Waals surface area contributed by atoms with Crippen LogP contribution in [0, 0.1) is 6.92 Å². The Morgan fingerprint density at radius 1 is 1.69 bits per heavy atom. The topological polar surface area (TPSA) is 95.2 Å². The minimum Gasteiger partial charge on any atom is -0.391 e. The van der Waals surface area contributed by atoms with E-state index >= 15 is 0 Å². The Kier molecular flexibility index (Phi) is 2.82. The number of piperidine rings is 1. The summed E-state index contributed by atoms with van der Waals surface area (Å²) in [6.07, 6.45) is 1.15.